The van der Waals surface area contributed by atoms with E-state index in [1.807, 2.05) is 18.2 Å². The third kappa shape index (κ3) is 1.67. The van der Waals surface area contributed by atoms with Crippen molar-refractivity contribution in [2.75, 3.05) is 5.73 Å². The number of phenolic OH excluding ortho intramolecular Hbond substituents is 1. The predicted molar refractivity (Wildman–Crippen MR) is 72.6 cm³/mol. The Kier molecular flexibility index (Phi) is 2.38. The zero-order valence-electron chi connectivity index (χ0n) is 9.31. The molecule has 90 valence electrons. The summed E-state index contributed by atoms with van der Waals surface area (Å²) >= 11 is 5.96. The molecule has 0 unspecified atom stereocenters. The number of aromatic nitrogens is 2. The third-order valence-electron chi connectivity index (χ3n) is 2.88. The van der Waals surface area contributed by atoms with E-state index in [0.717, 1.165) is 10.8 Å². The minimum atomic E-state index is 0.165. The van der Waals surface area contributed by atoms with E-state index in [9.17, 15) is 5.11 Å². The van der Waals surface area contributed by atoms with Gasteiger partial charge in [0.1, 0.15) is 11.6 Å². The summed E-state index contributed by atoms with van der Waals surface area (Å²) in [6, 6.07) is 9.02. The largest absolute Gasteiger partial charge is 0.507 e. The minimum absolute atomic E-state index is 0.165. The summed E-state index contributed by atoms with van der Waals surface area (Å²) in [5.41, 5.74) is 7.07. The first-order valence-electron chi connectivity index (χ1n) is 5.36. The molecule has 1 heterocycles. The van der Waals surface area contributed by atoms with Crippen LogP contribution in [-0.4, -0.2) is 15.3 Å². The van der Waals surface area contributed by atoms with E-state index < -0.39 is 0 Å². The second-order valence-electron chi connectivity index (χ2n) is 4.06. The number of aromatic amines is 1. The normalized spacial score (nSPS) is 10.9. The van der Waals surface area contributed by atoms with Crippen molar-refractivity contribution >= 4 is 28.2 Å². The van der Waals surface area contributed by atoms with E-state index in [2.05, 4.69) is 10.2 Å². The number of H-pyrrole nitrogens is 1. The molecule has 0 fully saturated rings. The van der Waals surface area contributed by atoms with Crippen LogP contribution in [-0.2, 0) is 0 Å². The molecule has 0 aliphatic heterocycles. The smallest absolute Gasteiger partial charge is 0.126 e. The van der Waals surface area contributed by atoms with Crippen LogP contribution in [0.25, 0.3) is 21.9 Å². The number of nitrogen functional groups attached to an aromatic ring is 1. The van der Waals surface area contributed by atoms with Gasteiger partial charge in [-0.05, 0) is 35.0 Å². The van der Waals surface area contributed by atoms with Gasteiger partial charge in [0.2, 0.25) is 0 Å². The molecule has 0 spiro atoms. The number of hydrogen-bond donors (Lipinski definition) is 3. The van der Waals surface area contributed by atoms with Gasteiger partial charge >= 0.3 is 0 Å². The van der Waals surface area contributed by atoms with E-state index in [4.69, 9.17) is 17.3 Å². The van der Waals surface area contributed by atoms with Crippen molar-refractivity contribution in [1.82, 2.24) is 10.2 Å². The van der Waals surface area contributed by atoms with E-state index in [-0.39, 0.29) is 5.75 Å². The zero-order valence-corrected chi connectivity index (χ0v) is 10.1. The van der Waals surface area contributed by atoms with Crippen LogP contribution >= 0.6 is 11.6 Å². The molecule has 0 saturated heterocycles. The van der Waals surface area contributed by atoms with Crippen LogP contribution < -0.4 is 5.73 Å². The maximum absolute atomic E-state index is 10.0. The molecule has 0 radical (unpaired) electrons. The van der Waals surface area contributed by atoms with Gasteiger partial charge in [-0.1, -0.05) is 17.7 Å². The minimum Gasteiger partial charge on any atom is -0.507 e. The second kappa shape index (κ2) is 3.92. The molecular formula is C13H10ClN3O. The Morgan fingerprint density at radius 1 is 1.11 bits per heavy atom. The van der Waals surface area contributed by atoms with Gasteiger partial charge in [-0.25, -0.2) is 0 Å². The molecular weight excluding hydrogens is 250 g/mol. The number of halogens is 1. The van der Waals surface area contributed by atoms with Gasteiger partial charge in [-0.2, -0.15) is 5.10 Å². The fourth-order valence-corrected chi connectivity index (χ4v) is 2.16. The molecule has 4 nitrogen and oxygen atoms in total. The molecule has 0 aliphatic rings. The number of phenols is 1. The number of rotatable bonds is 1. The Hall–Kier alpha value is -2.20. The number of anilines is 1. The maximum atomic E-state index is 10.0. The van der Waals surface area contributed by atoms with Crippen molar-refractivity contribution < 1.29 is 5.11 Å². The molecule has 3 rings (SSSR count). The highest BCUT2D eigenvalue weighted by molar-refractivity contribution is 6.31. The lowest BCUT2D eigenvalue weighted by Gasteiger charge is -2.06. The molecule has 0 aliphatic carbocycles. The lowest BCUT2D eigenvalue weighted by atomic mass is 10.0. The number of fused-ring (bicyclic) bond motifs is 1. The van der Waals surface area contributed by atoms with E-state index in [0.29, 0.717) is 22.0 Å². The fraction of sp³-hybridized carbons (Fsp3) is 0. The van der Waals surface area contributed by atoms with Crippen LogP contribution in [0.3, 0.4) is 0 Å². The van der Waals surface area contributed by atoms with Gasteiger partial charge in [-0.3, -0.25) is 5.10 Å². The highest BCUT2D eigenvalue weighted by atomic mass is 35.5. The van der Waals surface area contributed by atoms with Crippen molar-refractivity contribution in [1.29, 1.82) is 0 Å². The lowest BCUT2D eigenvalue weighted by molar-refractivity contribution is 0.478. The van der Waals surface area contributed by atoms with E-state index in [1.165, 1.54) is 0 Å². The Morgan fingerprint density at radius 3 is 2.67 bits per heavy atom. The quantitative estimate of drug-likeness (QED) is 0.628. The molecule has 0 saturated carbocycles. The molecule has 0 atom stereocenters. The van der Waals surface area contributed by atoms with Gasteiger partial charge in [-0.15, -0.1) is 0 Å². The lowest BCUT2D eigenvalue weighted by Crippen LogP contribution is -1.88. The molecule has 3 aromatic rings. The summed E-state index contributed by atoms with van der Waals surface area (Å²) in [5.74, 6) is 0.588. The van der Waals surface area contributed by atoms with Gasteiger partial charge in [0.15, 0.2) is 0 Å². The summed E-state index contributed by atoms with van der Waals surface area (Å²) in [4.78, 5) is 0. The topological polar surface area (TPSA) is 74.9 Å². The Labute approximate surface area is 108 Å². The number of nitrogens with zero attached hydrogens (tertiary/aromatic N) is 1. The Morgan fingerprint density at radius 2 is 1.94 bits per heavy atom. The Bertz CT molecular complexity index is 736. The highest BCUT2D eigenvalue weighted by Gasteiger charge is 2.11. The molecule has 0 amide bonds. The molecule has 0 bridgehead atoms. The van der Waals surface area contributed by atoms with Crippen molar-refractivity contribution in [2.45, 2.75) is 0 Å². The molecule has 5 heteroatoms. The number of benzene rings is 2. The average molecular weight is 260 g/mol. The van der Waals surface area contributed by atoms with Crippen LogP contribution in [0.4, 0.5) is 5.82 Å². The summed E-state index contributed by atoms with van der Waals surface area (Å²) in [6.45, 7) is 0. The van der Waals surface area contributed by atoms with Crippen LogP contribution in [0.1, 0.15) is 0 Å². The van der Waals surface area contributed by atoms with E-state index >= 15 is 0 Å². The fourth-order valence-electron chi connectivity index (χ4n) is 1.98. The number of nitrogens with two attached hydrogens (primary N) is 1. The van der Waals surface area contributed by atoms with E-state index in [1.54, 1.807) is 18.3 Å². The maximum Gasteiger partial charge on any atom is 0.126 e. The SMILES string of the molecule is Nc1[nH]ncc1-c1cc2cc(Cl)ccc2cc1O. The van der Waals surface area contributed by atoms with Crippen molar-refractivity contribution in [3.8, 4) is 16.9 Å². The van der Waals surface area contributed by atoms with Crippen LogP contribution in [0.5, 0.6) is 5.75 Å². The average Bonchev–Trinajstić information content (AvgIpc) is 2.75. The summed E-state index contributed by atoms with van der Waals surface area (Å²) < 4.78 is 0. The second-order valence-corrected chi connectivity index (χ2v) is 4.49. The first-order valence-corrected chi connectivity index (χ1v) is 5.74. The van der Waals surface area contributed by atoms with Crippen LogP contribution in [0.2, 0.25) is 5.02 Å². The van der Waals surface area contributed by atoms with Crippen LogP contribution in [0.15, 0.2) is 36.5 Å². The van der Waals surface area contributed by atoms with Gasteiger partial charge < -0.3 is 10.8 Å². The first-order chi connectivity index (χ1) is 8.65. The van der Waals surface area contributed by atoms with Gasteiger partial charge in [0, 0.05) is 16.1 Å². The number of nitrogens with one attached hydrogen (secondary N) is 1. The summed E-state index contributed by atoms with van der Waals surface area (Å²) in [6.07, 6.45) is 1.58. The first kappa shape index (κ1) is 10.9. The van der Waals surface area contributed by atoms with Crippen LogP contribution in [0, 0.1) is 0 Å². The van der Waals surface area contributed by atoms with Crippen molar-refractivity contribution in [3.05, 3.63) is 41.6 Å². The molecule has 1 aromatic heterocycles. The third-order valence-corrected chi connectivity index (χ3v) is 3.11. The molecule has 4 N–H and O–H groups in total. The predicted octanol–water partition coefficient (Wildman–Crippen LogP) is 3.17. The van der Waals surface area contributed by atoms with Gasteiger partial charge in [0.25, 0.3) is 0 Å². The highest BCUT2D eigenvalue weighted by Crippen LogP contribution is 2.36. The van der Waals surface area contributed by atoms with Crippen molar-refractivity contribution in [2.24, 2.45) is 0 Å². The molecule has 2 aromatic carbocycles. The summed E-state index contributed by atoms with van der Waals surface area (Å²) in [5, 5.41) is 19.0. The molecule has 18 heavy (non-hydrogen) atoms. The van der Waals surface area contributed by atoms with Crippen molar-refractivity contribution in [3.63, 3.8) is 0 Å². The monoisotopic (exact) mass is 259 g/mol. The Balaban J connectivity index is 2.30. The number of aromatic hydroxyl groups is 1. The number of hydrogen-bond acceptors (Lipinski definition) is 3. The standard InChI is InChI=1S/C13H10ClN3O/c14-9-2-1-7-5-12(18)10(4-8(7)3-9)11-6-16-17-13(11)15/h1-6,18H,(H3,15,16,17). The van der Waals surface area contributed by atoms with Gasteiger partial charge in [0.05, 0.1) is 6.20 Å². The summed E-state index contributed by atoms with van der Waals surface area (Å²) in [7, 11) is 0. The zero-order chi connectivity index (χ0) is 12.7.